The minimum absolute atomic E-state index is 0.362. The summed E-state index contributed by atoms with van der Waals surface area (Å²) in [5.41, 5.74) is 4.51. The summed E-state index contributed by atoms with van der Waals surface area (Å²) >= 11 is 0. The van der Waals surface area contributed by atoms with Crippen LogP contribution in [0.1, 0.15) is 71.3 Å². The zero-order valence-corrected chi connectivity index (χ0v) is 17.2. The van der Waals surface area contributed by atoms with Crippen molar-refractivity contribution in [1.29, 1.82) is 0 Å². The summed E-state index contributed by atoms with van der Waals surface area (Å²) in [7, 11) is 0. The molecule has 0 aliphatic carbocycles. The van der Waals surface area contributed by atoms with Crippen LogP contribution < -0.4 is 0 Å². The number of aryl methyl sites for hydroxylation is 1. The van der Waals surface area contributed by atoms with Gasteiger partial charge in [0.15, 0.2) is 6.29 Å². The van der Waals surface area contributed by atoms with Gasteiger partial charge in [-0.25, -0.2) is 9.97 Å². The molecule has 0 atom stereocenters. The predicted octanol–water partition coefficient (Wildman–Crippen LogP) is 5.21. The molecule has 30 heavy (non-hydrogen) atoms. The second-order valence-corrected chi connectivity index (χ2v) is 6.98. The molecule has 2 aromatic heterocycles. The lowest BCUT2D eigenvalue weighted by atomic mass is 10.0. The van der Waals surface area contributed by atoms with Crippen molar-refractivity contribution in [3.63, 3.8) is 0 Å². The van der Waals surface area contributed by atoms with Gasteiger partial charge in [0.1, 0.15) is 22.8 Å². The van der Waals surface area contributed by atoms with Gasteiger partial charge in [-0.3, -0.25) is 4.79 Å². The SMILES string of the molecule is CCCCCCc1ccc(C#Cc2cccc(C#Cc3cccc(C=O)n3)n2)cc1. The summed E-state index contributed by atoms with van der Waals surface area (Å²) in [6.45, 7) is 2.23. The Morgan fingerprint density at radius 1 is 0.733 bits per heavy atom. The molecule has 0 aliphatic heterocycles. The van der Waals surface area contributed by atoms with Gasteiger partial charge in [-0.1, -0.05) is 56.4 Å². The first kappa shape index (κ1) is 21.0. The Hall–Kier alpha value is -3.69. The maximum Gasteiger partial charge on any atom is 0.168 e. The van der Waals surface area contributed by atoms with Crippen LogP contribution in [0.2, 0.25) is 0 Å². The maximum atomic E-state index is 10.8. The van der Waals surface area contributed by atoms with E-state index in [1.807, 2.05) is 18.2 Å². The van der Waals surface area contributed by atoms with E-state index in [-0.39, 0.29) is 0 Å². The van der Waals surface area contributed by atoms with Crippen LogP contribution in [0.4, 0.5) is 0 Å². The smallest absolute Gasteiger partial charge is 0.168 e. The zero-order chi connectivity index (χ0) is 21.0. The first-order valence-electron chi connectivity index (χ1n) is 10.3. The number of benzene rings is 1. The molecule has 0 bridgehead atoms. The largest absolute Gasteiger partial charge is 0.296 e. The molecule has 0 aliphatic rings. The van der Waals surface area contributed by atoms with Gasteiger partial charge in [-0.2, -0.15) is 0 Å². The third-order valence-corrected chi connectivity index (χ3v) is 4.57. The molecule has 3 nitrogen and oxygen atoms in total. The van der Waals surface area contributed by atoms with Crippen LogP contribution >= 0.6 is 0 Å². The lowest BCUT2D eigenvalue weighted by Crippen LogP contribution is -1.90. The quantitative estimate of drug-likeness (QED) is 0.328. The highest BCUT2D eigenvalue weighted by Crippen LogP contribution is 2.09. The predicted molar refractivity (Wildman–Crippen MR) is 120 cm³/mol. The molecule has 0 saturated carbocycles. The van der Waals surface area contributed by atoms with Crippen molar-refractivity contribution < 1.29 is 4.79 Å². The standard InChI is InChI=1S/C27H24N2O/c1-2-3-4-5-8-22-13-15-23(16-14-22)17-18-24-9-6-10-25(28-24)19-20-26-11-7-12-27(21-30)29-26/h6-7,9-16,21H,2-5,8H2,1H3. The third kappa shape index (κ3) is 6.73. The van der Waals surface area contributed by atoms with Gasteiger partial charge in [0.05, 0.1) is 0 Å². The summed E-state index contributed by atoms with van der Waals surface area (Å²) in [5, 5.41) is 0. The van der Waals surface area contributed by atoms with E-state index in [1.54, 1.807) is 18.2 Å². The van der Waals surface area contributed by atoms with Crippen LogP contribution in [0.25, 0.3) is 0 Å². The maximum absolute atomic E-state index is 10.8. The van der Waals surface area contributed by atoms with E-state index in [0.29, 0.717) is 29.1 Å². The molecule has 3 aromatic rings. The second-order valence-electron chi connectivity index (χ2n) is 6.98. The molecule has 3 rings (SSSR count). The first-order chi connectivity index (χ1) is 14.8. The number of carbonyl (C=O) groups is 1. The Kier molecular flexibility index (Phi) is 7.95. The summed E-state index contributed by atoms with van der Waals surface area (Å²) in [6, 6.07) is 19.2. The highest BCUT2D eigenvalue weighted by molar-refractivity contribution is 5.71. The van der Waals surface area contributed by atoms with Gasteiger partial charge in [0, 0.05) is 5.56 Å². The van der Waals surface area contributed by atoms with E-state index >= 15 is 0 Å². The van der Waals surface area contributed by atoms with Crippen LogP contribution in [-0.4, -0.2) is 16.3 Å². The molecule has 148 valence electrons. The number of carbonyl (C=O) groups excluding carboxylic acids is 1. The van der Waals surface area contributed by atoms with Crippen molar-refractivity contribution in [3.05, 3.63) is 94.6 Å². The Balaban J connectivity index is 1.65. The number of unbranched alkanes of at least 4 members (excludes halogenated alkanes) is 3. The monoisotopic (exact) mass is 392 g/mol. The van der Waals surface area contributed by atoms with Crippen molar-refractivity contribution >= 4 is 6.29 Å². The van der Waals surface area contributed by atoms with Crippen molar-refractivity contribution in [2.24, 2.45) is 0 Å². The number of hydrogen-bond donors (Lipinski definition) is 0. The topological polar surface area (TPSA) is 42.9 Å². The average Bonchev–Trinajstić information content (AvgIpc) is 2.80. The van der Waals surface area contributed by atoms with Crippen LogP contribution in [0.5, 0.6) is 0 Å². The van der Waals surface area contributed by atoms with E-state index in [9.17, 15) is 4.79 Å². The van der Waals surface area contributed by atoms with Crippen molar-refractivity contribution in [3.8, 4) is 23.7 Å². The fraction of sp³-hybridized carbons (Fsp3) is 0.222. The molecule has 0 fully saturated rings. The molecule has 0 unspecified atom stereocenters. The van der Waals surface area contributed by atoms with Gasteiger partial charge in [-0.05, 0) is 72.6 Å². The summed E-state index contributed by atoms with van der Waals surface area (Å²) in [5.74, 6) is 12.2. The molecular formula is C27H24N2O. The normalized spacial score (nSPS) is 9.77. The molecular weight excluding hydrogens is 368 g/mol. The number of nitrogens with zero attached hydrogens (tertiary/aromatic N) is 2. The minimum atomic E-state index is 0.362. The van der Waals surface area contributed by atoms with Crippen LogP contribution in [-0.2, 0) is 6.42 Å². The number of pyridine rings is 2. The third-order valence-electron chi connectivity index (χ3n) is 4.57. The number of aromatic nitrogens is 2. The van der Waals surface area contributed by atoms with E-state index < -0.39 is 0 Å². The van der Waals surface area contributed by atoms with Crippen LogP contribution in [0.3, 0.4) is 0 Å². The molecule has 0 saturated heterocycles. The van der Waals surface area contributed by atoms with Gasteiger partial charge >= 0.3 is 0 Å². The van der Waals surface area contributed by atoms with E-state index in [2.05, 4.69) is 64.8 Å². The van der Waals surface area contributed by atoms with Crippen molar-refractivity contribution in [2.75, 3.05) is 0 Å². The summed E-state index contributed by atoms with van der Waals surface area (Å²) in [6.07, 6.45) is 6.94. The van der Waals surface area contributed by atoms with E-state index in [0.717, 1.165) is 12.0 Å². The molecule has 1 aromatic carbocycles. The van der Waals surface area contributed by atoms with Crippen molar-refractivity contribution in [1.82, 2.24) is 9.97 Å². The highest BCUT2D eigenvalue weighted by atomic mass is 16.1. The molecule has 2 heterocycles. The van der Waals surface area contributed by atoms with Gasteiger partial charge in [-0.15, -0.1) is 0 Å². The molecule has 0 spiro atoms. The molecule has 0 radical (unpaired) electrons. The number of rotatable bonds is 6. The Bertz CT molecular complexity index is 1110. The van der Waals surface area contributed by atoms with E-state index in [4.69, 9.17) is 0 Å². The summed E-state index contributed by atoms with van der Waals surface area (Å²) < 4.78 is 0. The molecule has 0 amide bonds. The first-order valence-corrected chi connectivity index (χ1v) is 10.3. The Morgan fingerprint density at radius 2 is 1.37 bits per heavy atom. The average molecular weight is 393 g/mol. The van der Waals surface area contributed by atoms with Crippen LogP contribution in [0, 0.1) is 23.7 Å². The second kappa shape index (κ2) is 11.3. The molecule has 0 N–H and O–H groups in total. The lowest BCUT2D eigenvalue weighted by molar-refractivity contribution is 0.111. The van der Waals surface area contributed by atoms with Gasteiger partial charge in [0.2, 0.25) is 0 Å². The van der Waals surface area contributed by atoms with Gasteiger partial charge < -0.3 is 0 Å². The van der Waals surface area contributed by atoms with Gasteiger partial charge in [0.25, 0.3) is 0 Å². The Labute approximate surface area is 178 Å². The highest BCUT2D eigenvalue weighted by Gasteiger charge is 1.96. The minimum Gasteiger partial charge on any atom is -0.296 e. The number of aldehydes is 1. The fourth-order valence-corrected chi connectivity index (χ4v) is 2.94. The van der Waals surface area contributed by atoms with E-state index in [1.165, 1.54) is 31.2 Å². The molecule has 3 heteroatoms. The number of hydrogen-bond acceptors (Lipinski definition) is 3. The fourth-order valence-electron chi connectivity index (χ4n) is 2.94. The zero-order valence-electron chi connectivity index (χ0n) is 17.2. The van der Waals surface area contributed by atoms with Crippen molar-refractivity contribution in [2.45, 2.75) is 39.0 Å². The van der Waals surface area contributed by atoms with Crippen LogP contribution in [0.15, 0.2) is 60.7 Å². The Morgan fingerprint density at radius 3 is 2.03 bits per heavy atom. The lowest BCUT2D eigenvalue weighted by Gasteiger charge is -2.01. The summed E-state index contributed by atoms with van der Waals surface area (Å²) in [4.78, 5) is 19.4.